The topological polar surface area (TPSA) is 30.7 Å². The zero-order valence-electron chi connectivity index (χ0n) is 25.7. The molecule has 0 spiro atoms. The minimum atomic E-state index is -6.00. The number of rotatable bonds is 11. The van der Waals surface area contributed by atoms with E-state index < -0.39 is 7.25 Å². The zero-order valence-corrected chi connectivity index (χ0v) is 25.7. The standard InChI is InChI=1S/C35H40NO3.BF4/c1-5-23-36(24-6-2)31-16-9-27(10-17-31)11-18-34-25-30(28-12-19-32(20-13-28)37-7-3)26-35(39-34)29-14-21-33(22-15-29)38-8-4;2-1(3,4)5/h9-22,25-26H,5-8,23-24H2,1-4H3;/q+1;-1. The number of ether oxygens (including phenoxy) is 3. The third-order valence-electron chi connectivity index (χ3n) is 6.45. The minimum absolute atomic E-state index is 0.641. The number of hydrogen-bond acceptors (Lipinski definition) is 3. The van der Waals surface area contributed by atoms with Gasteiger partial charge >= 0.3 is 7.25 Å². The molecule has 0 radical (unpaired) electrons. The van der Waals surface area contributed by atoms with Gasteiger partial charge in [0.05, 0.1) is 13.2 Å². The maximum atomic E-state index is 9.75. The molecule has 4 rings (SSSR count). The fraction of sp³-hybridized carbons (Fsp3) is 0.286. The van der Waals surface area contributed by atoms with Crippen LogP contribution in [0.25, 0.3) is 11.3 Å². The quantitative estimate of drug-likeness (QED) is 0.145. The summed E-state index contributed by atoms with van der Waals surface area (Å²) in [6.45, 7) is 11.9. The van der Waals surface area contributed by atoms with Crippen LogP contribution < -0.4 is 9.47 Å². The first-order chi connectivity index (χ1) is 21.1. The molecule has 2 aliphatic rings. The highest BCUT2D eigenvalue weighted by Crippen LogP contribution is 2.33. The van der Waals surface area contributed by atoms with Crippen LogP contribution in [-0.2, 0) is 4.74 Å². The molecule has 0 amide bonds. The molecule has 0 unspecified atom stereocenters. The monoisotopic (exact) mass is 609 g/mol. The Kier molecular flexibility index (Phi) is 13.3. The average Bonchev–Trinajstić information content (AvgIpc) is 3.00. The zero-order chi connectivity index (χ0) is 32.0. The highest BCUT2D eigenvalue weighted by Gasteiger charge is 2.20. The van der Waals surface area contributed by atoms with Gasteiger partial charge in [0.15, 0.2) is 5.71 Å². The van der Waals surface area contributed by atoms with Crippen molar-refractivity contribution in [1.82, 2.24) is 0 Å². The Labute approximate surface area is 258 Å². The fourth-order valence-electron chi connectivity index (χ4n) is 4.59. The lowest BCUT2D eigenvalue weighted by Crippen LogP contribution is -2.21. The number of benzene rings is 2. The molecule has 0 aromatic heterocycles. The largest absolute Gasteiger partial charge is 0.673 e. The van der Waals surface area contributed by atoms with Crippen LogP contribution in [-0.4, -0.2) is 43.8 Å². The third kappa shape index (κ3) is 11.4. The van der Waals surface area contributed by atoms with Crippen LogP contribution in [0.1, 0.15) is 51.7 Å². The van der Waals surface area contributed by atoms with Crippen molar-refractivity contribution in [2.24, 2.45) is 0 Å². The van der Waals surface area contributed by atoms with Gasteiger partial charge in [0.1, 0.15) is 36.1 Å². The molecule has 1 aliphatic carbocycles. The van der Waals surface area contributed by atoms with Crippen molar-refractivity contribution in [1.29, 1.82) is 0 Å². The number of allylic oxidation sites excluding steroid dienone is 10. The van der Waals surface area contributed by atoms with Gasteiger partial charge in [0, 0.05) is 30.6 Å². The Morgan fingerprint density at radius 1 is 0.682 bits per heavy atom. The normalized spacial score (nSPS) is 15.1. The second-order valence-corrected chi connectivity index (χ2v) is 9.93. The number of halogens is 4. The molecule has 2 aromatic rings. The molecular formula is C35H40BF4NO3. The lowest BCUT2D eigenvalue weighted by Gasteiger charge is -2.19. The first-order valence-electron chi connectivity index (χ1n) is 15.0. The van der Waals surface area contributed by atoms with Gasteiger partial charge in [-0.3, -0.25) is 0 Å². The van der Waals surface area contributed by atoms with Crippen LogP contribution in [0, 0.1) is 0 Å². The summed E-state index contributed by atoms with van der Waals surface area (Å²) in [7, 11) is -6.00. The lowest BCUT2D eigenvalue weighted by atomic mass is 10.00. The lowest BCUT2D eigenvalue weighted by molar-refractivity contribution is -0.526. The van der Waals surface area contributed by atoms with E-state index in [1.54, 1.807) is 0 Å². The maximum Gasteiger partial charge on any atom is 0.673 e. The van der Waals surface area contributed by atoms with Gasteiger partial charge in [0.2, 0.25) is 0 Å². The van der Waals surface area contributed by atoms with Gasteiger partial charge in [-0.25, -0.2) is 4.58 Å². The van der Waals surface area contributed by atoms with Gasteiger partial charge in [0.25, 0.3) is 0 Å². The molecule has 0 saturated carbocycles. The summed E-state index contributed by atoms with van der Waals surface area (Å²) in [5, 5.41) is 0. The molecule has 2 aromatic carbocycles. The Bertz CT molecular complexity index is 1420. The SMILES string of the molecule is CCC[N+](CCC)=C1C=CC(=CC=C2C=C(c3ccc(OCC)cc3)C=C(c3ccc(OCC)cc3)O2)C=C1.F[B-](F)(F)F. The summed E-state index contributed by atoms with van der Waals surface area (Å²) in [4.78, 5) is 0. The predicted octanol–water partition coefficient (Wildman–Crippen LogP) is 9.45. The Morgan fingerprint density at radius 3 is 1.66 bits per heavy atom. The minimum Gasteiger partial charge on any atom is -0.494 e. The first kappa shape index (κ1) is 34.2. The second kappa shape index (κ2) is 17.1. The van der Waals surface area contributed by atoms with E-state index in [9.17, 15) is 17.3 Å². The average molecular weight is 610 g/mol. The molecule has 1 heterocycles. The van der Waals surface area contributed by atoms with Crippen LogP contribution in [0.15, 0.2) is 108 Å². The van der Waals surface area contributed by atoms with Gasteiger partial charge in [-0.1, -0.05) is 32.1 Å². The number of hydrogen-bond donors (Lipinski definition) is 0. The molecule has 1 aliphatic heterocycles. The van der Waals surface area contributed by atoms with Crippen molar-refractivity contribution in [2.45, 2.75) is 40.5 Å². The molecule has 0 N–H and O–H groups in total. The van der Waals surface area contributed by atoms with E-state index in [0.717, 1.165) is 71.2 Å². The van der Waals surface area contributed by atoms with Crippen molar-refractivity contribution in [3.05, 3.63) is 120 Å². The third-order valence-corrected chi connectivity index (χ3v) is 6.45. The Hall–Kier alpha value is -4.27. The van der Waals surface area contributed by atoms with Crippen LogP contribution in [0.4, 0.5) is 17.3 Å². The van der Waals surface area contributed by atoms with Gasteiger partial charge in [-0.2, -0.15) is 0 Å². The highest BCUT2D eigenvalue weighted by molar-refractivity contribution is 6.50. The molecule has 44 heavy (non-hydrogen) atoms. The molecule has 0 bridgehead atoms. The molecule has 9 heteroatoms. The molecule has 0 fully saturated rings. The Balaban J connectivity index is 0.000000978. The van der Waals surface area contributed by atoms with Gasteiger partial charge in [-0.05, 0) is 97.3 Å². The summed E-state index contributed by atoms with van der Waals surface area (Å²) in [5.74, 6) is 3.31. The van der Waals surface area contributed by atoms with Crippen LogP contribution in [0.2, 0.25) is 0 Å². The predicted molar refractivity (Wildman–Crippen MR) is 172 cm³/mol. The van der Waals surface area contributed by atoms with Crippen molar-refractivity contribution in [2.75, 3.05) is 26.3 Å². The molecule has 234 valence electrons. The summed E-state index contributed by atoms with van der Waals surface area (Å²) in [6, 6.07) is 16.2. The summed E-state index contributed by atoms with van der Waals surface area (Å²) in [5.41, 5.74) is 5.59. The van der Waals surface area contributed by atoms with Crippen molar-refractivity contribution < 1.29 is 36.0 Å². The van der Waals surface area contributed by atoms with E-state index in [1.807, 2.05) is 56.3 Å². The van der Waals surface area contributed by atoms with Crippen LogP contribution in [0.5, 0.6) is 11.5 Å². The maximum absolute atomic E-state index is 9.75. The van der Waals surface area contributed by atoms with Crippen LogP contribution >= 0.6 is 0 Å². The highest BCUT2D eigenvalue weighted by atomic mass is 19.5. The van der Waals surface area contributed by atoms with Crippen molar-refractivity contribution >= 4 is 24.3 Å². The van der Waals surface area contributed by atoms with E-state index in [2.05, 4.69) is 73.1 Å². The first-order valence-corrected chi connectivity index (χ1v) is 15.0. The van der Waals surface area contributed by atoms with E-state index >= 15 is 0 Å². The summed E-state index contributed by atoms with van der Waals surface area (Å²) < 4.78 is 59.1. The van der Waals surface area contributed by atoms with E-state index in [1.165, 1.54) is 5.71 Å². The molecule has 0 saturated heterocycles. The van der Waals surface area contributed by atoms with E-state index in [4.69, 9.17) is 14.2 Å². The van der Waals surface area contributed by atoms with Crippen LogP contribution in [0.3, 0.4) is 0 Å². The fourth-order valence-corrected chi connectivity index (χ4v) is 4.59. The van der Waals surface area contributed by atoms with Crippen molar-refractivity contribution in [3.63, 3.8) is 0 Å². The smallest absolute Gasteiger partial charge is 0.494 e. The number of nitrogens with zero attached hydrogens (tertiary/aromatic N) is 1. The summed E-state index contributed by atoms with van der Waals surface area (Å²) >= 11 is 0. The van der Waals surface area contributed by atoms with Crippen molar-refractivity contribution in [3.8, 4) is 11.5 Å². The van der Waals surface area contributed by atoms with Gasteiger partial charge in [-0.15, -0.1) is 0 Å². The Morgan fingerprint density at radius 2 is 1.18 bits per heavy atom. The van der Waals surface area contributed by atoms with E-state index in [0.29, 0.717) is 13.2 Å². The molecule has 0 atom stereocenters. The summed E-state index contributed by atoms with van der Waals surface area (Å²) in [6.07, 6.45) is 19.4. The van der Waals surface area contributed by atoms with E-state index in [-0.39, 0.29) is 0 Å². The molecular weight excluding hydrogens is 569 g/mol. The molecule has 4 nitrogen and oxygen atoms in total. The second-order valence-electron chi connectivity index (χ2n) is 9.93. The van der Waals surface area contributed by atoms with Gasteiger partial charge < -0.3 is 31.5 Å².